The summed E-state index contributed by atoms with van der Waals surface area (Å²) in [5.74, 6) is 3.70. The van der Waals surface area contributed by atoms with Crippen LogP contribution >= 0.6 is 24.0 Å². The minimum Gasteiger partial charge on any atom is -0.356 e. The third kappa shape index (κ3) is 5.31. The Hall–Kier alpha value is -0.900. The number of fused-ring (bicyclic) bond motifs is 1. The van der Waals surface area contributed by atoms with Gasteiger partial charge in [-0.15, -0.1) is 34.2 Å². The SMILES string of the molecule is CN=C(NCC1CCc2nnc(C)n2C1)NC1CCN(C(C)C)CC1.I. The quantitative estimate of drug-likeness (QED) is 0.395. The Balaban J connectivity index is 0.00000243. The number of nitrogens with one attached hydrogen (secondary N) is 2. The molecule has 0 aromatic carbocycles. The van der Waals surface area contributed by atoms with Crippen LogP contribution in [0.5, 0.6) is 0 Å². The summed E-state index contributed by atoms with van der Waals surface area (Å²) in [6.07, 6.45) is 4.55. The minimum absolute atomic E-state index is 0. The molecule has 0 amide bonds. The first-order valence-corrected chi connectivity index (χ1v) is 9.66. The van der Waals surface area contributed by atoms with Crippen LogP contribution in [0.3, 0.4) is 0 Å². The topological polar surface area (TPSA) is 70.4 Å². The zero-order valence-corrected chi connectivity index (χ0v) is 18.9. The average Bonchev–Trinajstić information content (AvgIpc) is 2.99. The van der Waals surface area contributed by atoms with E-state index < -0.39 is 0 Å². The van der Waals surface area contributed by atoms with Crippen molar-refractivity contribution >= 4 is 29.9 Å². The predicted octanol–water partition coefficient (Wildman–Crippen LogP) is 1.80. The Morgan fingerprint density at radius 1 is 1.23 bits per heavy atom. The highest BCUT2D eigenvalue weighted by atomic mass is 127. The van der Waals surface area contributed by atoms with Crippen molar-refractivity contribution in [3.63, 3.8) is 0 Å². The number of likely N-dealkylation sites (tertiary alicyclic amines) is 1. The maximum atomic E-state index is 4.42. The fourth-order valence-corrected chi connectivity index (χ4v) is 3.89. The first-order chi connectivity index (χ1) is 12.1. The van der Waals surface area contributed by atoms with Gasteiger partial charge in [-0.1, -0.05) is 0 Å². The van der Waals surface area contributed by atoms with Crippen LogP contribution in [-0.2, 0) is 13.0 Å². The number of nitrogens with zero attached hydrogens (tertiary/aromatic N) is 5. The number of hydrogen-bond acceptors (Lipinski definition) is 4. The van der Waals surface area contributed by atoms with E-state index in [4.69, 9.17) is 0 Å². The summed E-state index contributed by atoms with van der Waals surface area (Å²) in [6.45, 7) is 10.9. The van der Waals surface area contributed by atoms with E-state index in [9.17, 15) is 0 Å². The standard InChI is InChI=1S/C18H33N7.HI/c1-13(2)24-9-7-16(8-10-24)21-18(19-4)20-11-15-5-6-17-23-22-14(3)25(17)12-15;/h13,15-16H,5-12H2,1-4H3,(H2,19,20,21);1H. The van der Waals surface area contributed by atoms with Crippen molar-refractivity contribution in [2.45, 2.75) is 65.1 Å². The van der Waals surface area contributed by atoms with E-state index in [0.29, 0.717) is 18.0 Å². The van der Waals surface area contributed by atoms with E-state index in [1.807, 2.05) is 14.0 Å². The number of halogens is 1. The first-order valence-electron chi connectivity index (χ1n) is 9.66. The molecule has 1 aromatic rings. The monoisotopic (exact) mass is 475 g/mol. The van der Waals surface area contributed by atoms with Gasteiger partial charge in [-0.2, -0.15) is 0 Å². The second-order valence-electron chi connectivity index (χ2n) is 7.68. The Kier molecular flexibility index (Phi) is 8.12. The molecule has 1 aromatic heterocycles. The van der Waals surface area contributed by atoms with Crippen LogP contribution in [0, 0.1) is 12.8 Å². The molecule has 8 heteroatoms. The summed E-state index contributed by atoms with van der Waals surface area (Å²) < 4.78 is 2.26. The van der Waals surface area contributed by atoms with Gasteiger partial charge in [-0.3, -0.25) is 4.99 Å². The smallest absolute Gasteiger partial charge is 0.191 e. The number of aliphatic imine (C=N–C) groups is 1. The fraction of sp³-hybridized carbons (Fsp3) is 0.833. The fourth-order valence-electron chi connectivity index (χ4n) is 3.89. The van der Waals surface area contributed by atoms with Gasteiger partial charge in [0, 0.05) is 51.7 Å². The Morgan fingerprint density at radius 2 is 1.96 bits per heavy atom. The van der Waals surface area contributed by atoms with Gasteiger partial charge >= 0.3 is 0 Å². The molecule has 0 aliphatic carbocycles. The lowest BCUT2D eigenvalue weighted by atomic mass is 9.99. The van der Waals surface area contributed by atoms with Gasteiger partial charge in [0.05, 0.1) is 0 Å². The average molecular weight is 475 g/mol. The molecule has 1 atom stereocenters. The number of hydrogen-bond donors (Lipinski definition) is 2. The minimum atomic E-state index is 0. The molecule has 1 unspecified atom stereocenters. The molecule has 2 aliphatic heterocycles. The summed E-state index contributed by atoms with van der Waals surface area (Å²) in [7, 11) is 1.86. The molecule has 0 radical (unpaired) electrons. The number of aromatic nitrogens is 3. The van der Waals surface area contributed by atoms with Crippen LogP contribution in [0.1, 0.15) is 44.8 Å². The van der Waals surface area contributed by atoms with E-state index in [0.717, 1.165) is 43.5 Å². The van der Waals surface area contributed by atoms with Crippen molar-refractivity contribution in [1.82, 2.24) is 30.3 Å². The lowest BCUT2D eigenvalue weighted by Crippen LogP contribution is -2.50. The van der Waals surface area contributed by atoms with Gasteiger partial charge in [0.2, 0.25) is 0 Å². The zero-order chi connectivity index (χ0) is 17.8. The van der Waals surface area contributed by atoms with E-state index in [-0.39, 0.29) is 24.0 Å². The van der Waals surface area contributed by atoms with E-state index in [1.54, 1.807) is 0 Å². The molecule has 0 saturated carbocycles. The molecule has 26 heavy (non-hydrogen) atoms. The molecule has 2 N–H and O–H groups in total. The second kappa shape index (κ2) is 9.87. The molecule has 1 fully saturated rings. The van der Waals surface area contributed by atoms with Crippen molar-refractivity contribution in [3.8, 4) is 0 Å². The molecule has 2 aliphatic rings. The zero-order valence-electron chi connectivity index (χ0n) is 16.5. The first kappa shape index (κ1) is 21.4. The molecular formula is C18H34IN7. The maximum Gasteiger partial charge on any atom is 0.191 e. The van der Waals surface area contributed by atoms with Crippen LogP contribution in [-0.4, -0.2) is 64.4 Å². The van der Waals surface area contributed by atoms with Crippen LogP contribution in [0.15, 0.2) is 4.99 Å². The molecule has 3 heterocycles. The van der Waals surface area contributed by atoms with Crippen molar-refractivity contribution in [2.24, 2.45) is 10.9 Å². The van der Waals surface area contributed by atoms with Gasteiger partial charge in [-0.05, 0) is 46.0 Å². The summed E-state index contributed by atoms with van der Waals surface area (Å²) in [5, 5.41) is 15.6. The van der Waals surface area contributed by atoms with E-state index in [2.05, 4.69) is 49.1 Å². The summed E-state index contributed by atoms with van der Waals surface area (Å²) >= 11 is 0. The number of piperidine rings is 1. The summed E-state index contributed by atoms with van der Waals surface area (Å²) in [4.78, 5) is 6.97. The molecule has 0 bridgehead atoms. The molecular weight excluding hydrogens is 441 g/mol. The largest absolute Gasteiger partial charge is 0.356 e. The van der Waals surface area contributed by atoms with Crippen LogP contribution in [0.4, 0.5) is 0 Å². The van der Waals surface area contributed by atoms with Crippen LogP contribution < -0.4 is 10.6 Å². The van der Waals surface area contributed by atoms with Crippen LogP contribution in [0.25, 0.3) is 0 Å². The van der Waals surface area contributed by atoms with Gasteiger partial charge in [-0.25, -0.2) is 0 Å². The lowest BCUT2D eigenvalue weighted by molar-refractivity contribution is 0.167. The van der Waals surface area contributed by atoms with Crippen molar-refractivity contribution in [1.29, 1.82) is 0 Å². The van der Waals surface area contributed by atoms with Crippen LogP contribution in [0.2, 0.25) is 0 Å². The number of guanidine groups is 1. The molecule has 7 nitrogen and oxygen atoms in total. The van der Waals surface area contributed by atoms with Gasteiger partial charge in [0.1, 0.15) is 11.6 Å². The normalized spacial score (nSPS) is 22.0. The summed E-state index contributed by atoms with van der Waals surface area (Å²) in [5.41, 5.74) is 0. The Bertz CT molecular complexity index is 590. The highest BCUT2D eigenvalue weighted by Crippen LogP contribution is 2.19. The number of rotatable bonds is 4. The Labute approximate surface area is 174 Å². The highest BCUT2D eigenvalue weighted by Gasteiger charge is 2.23. The number of aryl methyl sites for hydroxylation is 2. The molecule has 1 saturated heterocycles. The van der Waals surface area contributed by atoms with Gasteiger partial charge < -0.3 is 20.1 Å². The van der Waals surface area contributed by atoms with E-state index in [1.165, 1.54) is 25.9 Å². The lowest BCUT2D eigenvalue weighted by Gasteiger charge is -2.35. The van der Waals surface area contributed by atoms with Crippen molar-refractivity contribution < 1.29 is 0 Å². The second-order valence-corrected chi connectivity index (χ2v) is 7.68. The Morgan fingerprint density at radius 3 is 2.62 bits per heavy atom. The third-order valence-corrected chi connectivity index (χ3v) is 5.61. The molecule has 0 spiro atoms. The summed E-state index contributed by atoms with van der Waals surface area (Å²) in [6, 6.07) is 1.18. The highest BCUT2D eigenvalue weighted by molar-refractivity contribution is 14.0. The van der Waals surface area contributed by atoms with E-state index >= 15 is 0 Å². The maximum absolute atomic E-state index is 4.42. The third-order valence-electron chi connectivity index (χ3n) is 5.61. The van der Waals surface area contributed by atoms with Gasteiger partial charge in [0.25, 0.3) is 0 Å². The molecule has 3 rings (SSSR count). The van der Waals surface area contributed by atoms with Gasteiger partial charge in [0.15, 0.2) is 5.96 Å². The van der Waals surface area contributed by atoms with Crippen molar-refractivity contribution in [3.05, 3.63) is 11.6 Å². The molecule has 148 valence electrons. The van der Waals surface area contributed by atoms with Crippen molar-refractivity contribution in [2.75, 3.05) is 26.7 Å². The predicted molar refractivity (Wildman–Crippen MR) is 116 cm³/mol.